The van der Waals surface area contributed by atoms with Crippen molar-refractivity contribution in [2.45, 2.75) is 18.9 Å². The lowest BCUT2D eigenvalue weighted by atomic mass is 9.92. The summed E-state index contributed by atoms with van der Waals surface area (Å²) in [5.41, 5.74) is 2.88. The maximum Gasteiger partial charge on any atom is 0.262 e. The molecule has 1 atom stereocenters. The SMILES string of the molecule is O=C(c1ccc(O)cc1O)N1c2ccccc2CCC1c1ccccn1. The third kappa shape index (κ3) is 2.77. The highest BCUT2D eigenvalue weighted by molar-refractivity contribution is 6.09. The monoisotopic (exact) mass is 346 g/mol. The van der Waals surface area contributed by atoms with Crippen molar-refractivity contribution >= 4 is 11.6 Å². The molecule has 130 valence electrons. The average molecular weight is 346 g/mol. The minimum Gasteiger partial charge on any atom is -0.508 e. The predicted octanol–water partition coefficient (Wildman–Crippen LogP) is 3.83. The second-order valence-electron chi connectivity index (χ2n) is 6.31. The second-order valence-corrected chi connectivity index (χ2v) is 6.31. The van der Waals surface area contributed by atoms with Gasteiger partial charge in [0, 0.05) is 18.0 Å². The highest BCUT2D eigenvalue weighted by Crippen LogP contribution is 2.39. The fraction of sp³-hybridized carbons (Fsp3) is 0.143. The van der Waals surface area contributed by atoms with Gasteiger partial charge in [-0.25, -0.2) is 0 Å². The molecule has 0 aliphatic carbocycles. The number of carbonyl (C=O) groups excluding carboxylic acids is 1. The van der Waals surface area contributed by atoms with Crippen molar-refractivity contribution in [3.63, 3.8) is 0 Å². The zero-order valence-electron chi connectivity index (χ0n) is 14.0. The number of fused-ring (bicyclic) bond motifs is 1. The number of phenolic OH excluding ortho intramolecular Hbond substituents is 2. The number of hydrogen-bond acceptors (Lipinski definition) is 4. The smallest absolute Gasteiger partial charge is 0.262 e. The van der Waals surface area contributed by atoms with E-state index in [0.29, 0.717) is 0 Å². The lowest BCUT2D eigenvalue weighted by molar-refractivity contribution is 0.0969. The van der Waals surface area contributed by atoms with Crippen LogP contribution in [0.2, 0.25) is 0 Å². The summed E-state index contributed by atoms with van der Waals surface area (Å²) in [5, 5.41) is 19.7. The number of phenols is 2. The molecule has 1 aromatic heterocycles. The van der Waals surface area contributed by atoms with E-state index in [1.165, 1.54) is 18.2 Å². The Hall–Kier alpha value is -3.34. The highest BCUT2D eigenvalue weighted by Gasteiger charge is 2.34. The zero-order valence-corrected chi connectivity index (χ0v) is 14.0. The first-order valence-electron chi connectivity index (χ1n) is 8.49. The number of para-hydroxylation sites is 1. The van der Waals surface area contributed by atoms with Gasteiger partial charge >= 0.3 is 0 Å². The molecule has 2 N–H and O–H groups in total. The number of carbonyl (C=O) groups is 1. The third-order valence-electron chi connectivity index (χ3n) is 4.71. The summed E-state index contributed by atoms with van der Waals surface area (Å²) in [6, 6.07) is 17.3. The first-order chi connectivity index (χ1) is 12.6. The average Bonchev–Trinajstić information content (AvgIpc) is 2.67. The van der Waals surface area contributed by atoms with Gasteiger partial charge in [0.05, 0.1) is 17.3 Å². The molecule has 0 saturated heterocycles. The lowest BCUT2D eigenvalue weighted by Gasteiger charge is -2.37. The first kappa shape index (κ1) is 16.1. The number of hydrogen-bond donors (Lipinski definition) is 2. The summed E-state index contributed by atoms with van der Waals surface area (Å²) in [6.07, 6.45) is 3.32. The van der Waals surface area contributed by atoms with Crippen LogP contribution < -0.4 is 4.90 Å². The number of nitrogens with zero attached hydrogens (tertiary/aromatic N) is 2. The van der Waals surface area contributed by atoms with Crippen LogP contribution in [-0.4, -0.2) is 21.1 Å². The van der Waals surface area contributed by atoms with Gasteiger partial charge in [-0.15, -0.1) is 0 Å². The number of anilines is 1. The van der Waals surface area contributed by atoms with Crippen LogP contribution in [0.5, 0.6) is 11.5 Å². The van der Waals surface area contributed by atoms with E-state index in [1.807, 2.05) is 42.5 Å². The van der Waals surface area contributed by atoms with Crippen LogP contribution >= 0.6 is 0 Å². The van der Waals surface area contributed by atoms with Crippen molar-refractivity contribution in [2.24, 2.45) is 0 Å². The van der Waals surface area contributed by atoms with Crippen LogP contribution in [0.25, 0.3) is 0 Å². The topological polar surface area (TPSA) is 73.7 Å². The van der Waals surface area contributed by atoms with Gasteiger partial charge in [0.2, 0.25) is 0 Å². The normalized spacial score (nSPS) is 16.2. The van der Waals surface area contributed by atoms with Gasteiger partial charge in [0.1, 0.15) is 11.5 Å². The molecule has 0 fully saturated rings. The minimum atomic E-state index is -0.315. The van der Waals surface area contributed by atoms with Crippen LogP contribution in [0.15, 0.2) is 66.9 Å². The first-order valence-corrected chi connectivity index (χ1v) is 8.49. The van der Waals surface area contributed by atoms with Crippen molar-refractivity contribution in [3.8, 4) is 11.5 Å². The van der Waals surface area contributed by atoms with Crippen molar-refractivity contribution < 1.29 is 15.0 Å². The number of pyridine rings is 1. The Bertz CT molecular complexity index is 956. The number of amides is 1. The molecule has 1 amide bonds. The molecule has 5 heteroatoms. The Balaban J connectivity index is 1.83. The second kappa shape index (κ2) is 6.52. The number of aromatic hydroxyl groups is 2. The van der Waals surface area contributed by atoms with E-state index in [9.17, 15) is 15.0 Å². The molecule has 5 nitrogen and oxygen atoms in total. The number of aromatic nitrogens is 1. The van der Waals surface area contributed by atoms with E-state index in [0.717, 1.165) is 29.8 Å². The fourth-order valence-corrected chi connectivity index (χ4v) is 3.48. The molecule has 1 aliphatic heterocycles. The molecule has 2 heterocycles. The minimum absolute atomic E-state index is 0.0839. The molecule has 26 heavy (non-hydrogen) atoms. The van der Waals surface area contributed by atoms with Gasteiger partial charge in [-0.3, -0.25) is 14.7 Å². The van der Waals surface area contributed by atoms with Crippen LogP contribution in [-0.2, 0) is 6.42 Å². The Kier molecular flexibility index (Phi) is 4.05. The zero-order chi connectivity index (χ0) is 18.1. The molecule has 1 aliphatic rings. The molecule has 0 bridgehead atoms. The summed E-state index contributed by atoms with van der Waals surface area (Å²) >= 11 is 0. The number of rotatable bonds is 2. The fourth-order valence-electron chi connectivity index (χ4n) is 3.48. The van der Waals surface area contributed by atoms with Gasteiger partial charge in [-0.2, -0.15) is 0 Å². The standard InChI is InChI=1S/C21H18N2O3/c24-15-9-10-16(20(25)13-15)21(26)23-18-7-2-1-5-14(18)8-11-19(23)17-6-3-4-12-22-17/h1-7,9-10,12-13,19,24-25H,8,11H2. The van der Waals surface area contributed by atoms with E-state index in [4.69, 9.17) is 0 Å². The van der Waals surface area contributed by atoms with Crippen LogP contribution in [0.1, 0.15) is 34.1 Å². The van der Waals surface area contributed by atoms with E-state index in [2.05, 4.69) is 4.98 Å². The van der Waals surface area contributed by atoms with Crippen molar-refractivity contribution in [1.29, 1.82) is 0 Å². The lowest BCUT2D eigenvalue weighted by Crippen LogP contribution is -2.38. The Morgan fingerprint density at radius 2 is 1.85 bits per heavy atom. The van der Waals surface area contributed by atoms with Crippen molar-refractivity contribution in [1.82, 2.24) is 4.98 Å². The summed E-state index contributed by atoms with van der Waals surface area (Å²) in [4.78, 5) is 19.5. The summed E-state index contributed by atoms with van der Waals surface area (Å²) in [5.74, 6) is -0.637. The highest BCUT2D eigenvalue weighted by atomic mass is 16.3. The Morgan fingerprint density at radius 1 is 1.04 bits per heavy atom. The maximum absolute atomic E-state index is 13.3. The Morgan fingerprint density at radius 3 is 2.62 bits per heavy atom. The summed E-state index contributed by atoms with van der Waals surface area (Å²) < 4.78 is 0. The molecular weight excluding hydrogens is 328 g/mol. The third-order valence-corrected chi connectivity index (χ3v) is 4.71. The summed E-state index contributed by atoms with van der Waals surface area (Å²) in [7, 11) is 0. The molecule has 2 aromatic carbocycles. The molecule has 0 radical (unpaired) electrons. The Labute approximate surface area is 151 Å². The van der Waals surface area contributed by atoms with Crippen molar-refractivity contribution in [2.75, 3.05) is 4.90 Å². The molecule has 3 aromatic rings. The predicted molar refractivity (Wildman–Crippen MR) is 98.3 cm³/mol. The number of benzene rings is 2. The largest absolute Gasteiger partial charge is 0.508 e. The van der Waals surface area contributed by atoms with Crippen LogP contribution in [0, 0.1) is 0 Å². The van der Waals surface area contributed by atoms with E-state index < -0.39 is 0 Å². The van der Waals surface area contributed by atoms with Crippen LogP contribution in [0.4, 0.5) is 5.69 Å². The van der Waals surface area contributed by atoms with Gasteiger partial charge in [0.15, 0.2) is 0 Å². The molecular formula is C21H18N2O3. The van der Waals surface area contributed by atoms with Gasteiger partial charge in [-0.1, -0.05) is 24.3 Å². The maximum atomic E-state index is 13.3. The van der Waals surface area contributed by atoms with E-state index in [-0.39, 0.29) is 29.0 Å². The molecule has 1 unspecified atom stereocenters. The van der Waals surface area contributed by atoms with Gasteiger partial charge in [0.25, 0.3) is 5.91 Å². The van der Waals surface area contributed by atoms with E-state index >= 15 is 0 Å². The molecule has 0 spiro atoms. The van der Waals surface area contributed by atoms with Gasteiger partial charge < -0.3 is 10.2 Å². The van der Waals surface area contributed by atoms with Crippen LogP contribution in [0.3, 0.4) is 0 Å². The quantitative estimate of drug-likeness (QED) is 0.740. The van der Waals surface area contributed by atoms with Crippen molar-refractivity contribution in [3.05, 3.63) is 83.7 Å². The van der Waals surface area contributed by atoms with E-state index in [1.54, 1.807) is 11.1 Å². The molecule has 4 rings (SSSR count). The molecule has 0 saturated carbocycles. The van der Waals surface area contributed by atoms with Gasteiger partial charge in [-0.05, 0) is 48.7 Å². The number of aryl methyl sites for hydroxylation is 1. The summed E-state index contributed by atoms with van der Waals surface area (Å²) in [6.45, 7) is 0.